The number of ether oxygens (including phenoxy) is 1. The van der Waals surface area contributed by atoms with Crippen molar-refractivity contribution < 1.29 is 9.53 Å². The van der Waals surface area contributed by atoms with Gasteiger partial charge in [0, 0.05) is 24.8 Å². The van der Waals surface area contributed by atoms with Gasteiger partial charge in [-0.05, 0) is 50.6 Å². The Morgan fingerprint density at radius 3 is 2.96 bits per heavy atom. The minimum atomic E-state index is 0.0705. The summed E-state index contributed by atoms with van der Waals surface area (Å²) in [7, 11) is 0. The van der Waals surface area contributed by atoms with E-state index in [1.54, 1.807) is 6.20 Å². The Morgan fingerprint density at radius 1 is 1.31 bits per heavy atom. The smallest absolute Gasteiger partial charge is 0.224 e. The van der Waals surface area contributed by atoms with E-state index in [1.165, 1.54) is 0 Å². The van der Waals surface area contributed by atoms with Gasteiger partial charge < -0.3 is 15.0 Å². The molecule has 1 N–H and O–H groups in total. The van der Waals surface area contributed by atoms with Crippen LogP contribution in [0.3, 0.4) is 0 Å². The van der Waals surface area contributed by atoms with E-state index in [9.17, 15) is 4.79 Å². The van der Waals surface area contributed by atoms with Gasteiger partial charge in [0.05, 0.1) is 5.92 Å². The second kappa shape index (κ2) is 8.81. The first kappa shape index (κ1) is 18.4. The first-order chi connectivity index (χ1) is 12.7. The summed E-state index contributed by atoms with van der Waals surface area (Å²) in [6, 6.07) is 11.7. The van der Waals surface area contributed by atoms with Crippen LogP contribution < -0.4 is 10.1 Å². The number of piperidine rings is 1. The third-order valence-electron chi connectivity index (χ3n) is 4.93. The third kappa shape index (κ3) is 4.61. The van der Waals surface area contributed by atoms with E-state index >= 15 is 0 Å². The van der Waals surface area contributed by atoms with Crippen LogP contribution in [0.15, 0.2) is 42.6 Å². The number of amides is 1. The molecule has 5 nitrogen and oxygen atoms in total. The first-order valence-corrected chi connectivity index (χ1v) is 9.34. The lowest BCUT2D eigenvalue weighted by molar-refractivity contribution is -0.126. The molecule has 1 aliphatic rings. The van der Waals surface area contributed by atoms with Crippen LogP contribution in [0.1, 0.15) is 30.9 Å². The summed E-state index contributed by atoms with van der Waals surface area (Å²) in [6.07, 6.45) is 3.75. The van der Waals surface area contributed by atoms with E-state index in [0.717, 1.165) is 49.4 Å². The minimum absolute atomic E-state index is 0.0705. The van der Waals surface area contributed by atoms with Gasteiger partial charge >= 0.3 is 0 Å². The molecule has 1 aromatic heterocycles. The molecule has 1 aliphatic heterocycles. The van der Waals surface area contributed by atoms with Crippen LogP contribution in [-0.2, 0) is 11.3 Å². The summed E-state index contributed by atoms with van der Waals surface area (Å²) < 4.78 is 5.98. The number of nitrogens with zero attached hydrogens (tertiary/aromatic N) is 2. The summed E-state index contributed by atoms with van der Waals surface area (Å²) in [5.74, 6) is 1.51. The number of aryl methyl sites for hydroxylation is 1. The number of aromatic nitrogens is 1. The average molecular weight is 353 g/mol. The van der Waals surface area contributed by atoms with Crippen LogP contribution in [0.5, 0.6) is 11.6 Å². The molecule has 0 bridgehead atoms. The van der Waals surface area contributed by atoms with Crippen LogP contribution in [-0.4, -0.2) is 35.4 Å². The maximum atomic E-state index is 12.6. The molecule has 2 heterocycles. The predicted octanol–water partition coefficient (Wildman–Crippen LogP) is 3.53. The van der Waals surface area contributed by atoms with E-state index < -0.39 is 0 Å². The second-order valence-corrected chi connectivity index (χ2v) is 6.79. The predicted molar refractivity (Wildman–Crippen MR) is 102 cm³/mol. The van der Waals surface area contributed by atoms with Crippen molar-refractivity contribution >= 4 is 5.91 Å². The zero-order valence-electron chi connectivity index (χ0n) is 15.6. The largest absolute Gasteiger partial charge is 0.438 e. The number of carbonyl (C=O) groups is 1. The lowest BCUT2D eigenvalue weighted by atomic mass is 9.97. The highest BCUT2D eigenvalue weighted by molar-refractivity contribution is 5.79. The van der Waals surface area contributed by atoms with Crippen molar-refractivity contribution in [3.8, 4) is 11.6 Å². The standard InChI is InChI=1S/C21H27N3O2/c1-3-24-13-7-10-18(15-24)20(25)23-14-17-9-6-12-22-21(17)26-19-11-5-4-8-16(19)2/h4-6,8-9,11-12,18H,3,7,10,13-15H2,1-2H3,(H,23,25). The molecule has 138 valence electrons. The fourth-order valence-corrected chi connectivity index (χ4v) is 3.31. The van der Waals surface area contributed by atoms with Gasteiger partial charge in [-0.15, -0.1) is 0 Å². The summed E-state index contributed by atoms with van der Waals surface area (Å²) in [4.78, 5) is 19.2. The third-order valence-corrected chi connectivity index (χ3v) is 4.93. The zero-order chi connectivity index (χ0) is 18.4. The van der Waals surface area contributed by atoms with Crippen molar-refractivity contribution in [2.24, 2.45) is 5.92 Å². The molecule has 5 heteroatoms. The second-order valence-electron chi connectivity index (χ2n) is 6.79. The van der Waals surface area contributed by atoms with Crippen molar-refractivity contribution in [2.45, 2.75) is 33.2 Å². The van der Waals surface area contributed by atoms with Crippen molar-refractivity contribution in [1.82, 2.24) is 15.2 Å². The molecule has 1 saturated heterocycles. The number of nitrogens with one attached hydrogen (secondary N) is 1. The molecule has 3 rings (SSSR count). The normalized spacial score (nSPS) is 17.7. The van der Waals surface area contributed by atoms with E-state index in [-0.39, 0.29) is 11.8 Å². The van der Waals surface area contributed by atoms with Crippen molar-refractivity contribution in [3.05, 3.63) is 53.7 Å². The fourth-order valence-electron chi connectivity index (χ4n) is 3.31. The summed E-state index contributed by atoms with van der Waals surface area (Å²) in [6.45, 7) is 7.52. The van der Waals surface area contributed by atoms with E-state index in [0.29, 0.717) is 12.4 Å². The van der Waals surface area contributed by atoms with Crippen molar-refractivity contribution in [1.29, 1.82) is 0 Å². The van der Waals surface area contributed by atoms with Gasteiger partial charge in [0.15, 0.2) is 0 Å². The molecule has 1 amide bonds. The summed E-state index contributed by atoms with van der Waals surface area (Å²) >= 11 is 0. The number of hydrogen-bond donors (Lipinski definition) is 1. The molecule has 0 aliphatic carbocycles. The highest BCUT2D eigenvalue weighted by Crippen LogP contribution is 2.26. The lowest BCUT2D eigenvalue weighted by Gasteiger charge is -2.31. The van der Waals surface area contributed by atoms with Gasteiger partial charge in [-0.1, -0.05) is 31.2 Å². The zero-order valence-corrected chi connectivity index (χ0v) is 15.6. The number of hydrogen-bond acceptors (Lipinski definition) is 4. The maximum Gasteiger partial charge on any atom is 0.224 e. The van der Waals surface area contributed by atoms with Crippen LogP contribution in [0.2, 0.25) is 0 Å². The Balaban J connectivity index is 1.63. The van der Waals surface area contributed by atoms with Gasteiger partial charge in [-0.25, -0.2) is 4.98 Å². The molecule has 0 radical (unpaired) electrons. The van der Waals surface area contributed by atoms with Gasteiger partial charge in [-0.2, -0.15) is 0 Å². The van der Waals surface area contributed by atoms with Crippen molar-refractivity contribution in [2.75, 3.05) is 19.6 Å². The molecule has 0 spiro atoms. The first-order valence-electron chi connectivity index (χ1n) is 9.34. The van der Waals surface area contributed by atoms with Gasteiger partial charge in [0.1, 0.15) is 5.75 Å². The molecule has 0 saturated carbocycles. The van der Waals surface area contributed by atoms with Gasteiger partial charge in [0.25, 0.3) is 0 Å². The molecule has 1 atom stereocenters. The van der Waals surface area contributed by atoms with E-state index in [2.05, 4.69) is 22.1 Å². The number of likely N-dealkylation sites (tertiary alicyclic amines) is 1. The van der Waals surface area contributed by atoms with Gasteiger partial charge in [0.2, 0.25) is 11.8 Å². The molecular formula is C21H27N3O2. The Hall–Kier alpha value is -2.40. The summed E-state index contributed by atoms with van der Waals surface area (Å²) in [5, 5.41) is 3.07. The van der Waals surface area contributed by atoms with Crippen LogP contribution in [0.25, 0.3) is 0 Å². The Labute approximate surface area is 155 Å². The molecule has 1 unspecified atom stereocenters. The highest BCUT2D eigenvalue weighted by Gasteiger charge is 2.24. The van der Waals surface area contributed by atoms with E-state index in [4.69, 9.17) is 4.74 Å². The molecule has 1 aromatic carbocycles. The Kier molecular flexibility index (Phi) is 6.23. The van der Waals surface area contributed by atoms with Crippen LogP contribution in [0.4, 0.5) is 0 Å². The number of rotatable bonds is 6. The Bertz CT molecular complexity index is 748. The Morgan fingerprint density at radius 2 is 2.15 bits per heavy atom. The molecule has 2 aromatic rings. The number of benzene rings is 1. The topological polar surface area (TPSA) is 54.5 Å². The monoisotopic (exact) mass is 353 g/mol. The molecule has 1 fully saturated rings. The number of carbonyl (C=O) groups excluding carboxylic acids is 1. The minimum Gasteiger partial charge on any atom is -0.438 e. The number of para-hydroxylation sites is 1. The van der Waals surface area contributed by atoms with E-state index in [1.807, 2.05) is 43.3 Å². The van der Waals surface area contributed by atoms with Gasteiger partial charge in [-0.3, -0.25) is 4.79 Å². The fraction of sp³-hybridized carbons (Fsp3) is 0.429. The number of pyridine rings is 1. The van der Waals surface area contributed by atoms with Crippen molar-refractivity contribution in [3.63, 3.8) is 0 Å². The molecular weight excluding hydrogens is 326 g/mol. The van der Waals surface area contributed by atoms with Crippen LogP contribution in [0, 0.1) is 12.8 Å². The lowest BCUT2D eigenvalue weighted by Crippen LogP contribution is -2.42. The SMILES string of the molecule is CCN1CCCC(C(=O)NCc2cccnc2Oc2ccccc2C)C1. The molecule has 26 heavy (non-hydrogen) atoms. The quantitative estimate of drug-likeness (QED) is 0.863. The van der Waals surface area contributed by atoms with Crippen LogP contribution >= 0.6 is 0 Å². The maximum absolute atomic E-state index is 12.6. The summed E-state index contributed by atoms with van der Waals surface area (Å²) in [5.41, 5.74) is 1.93. The average Bonchev–Trinajstić information content (AvgIpc) is 2.69. The highest BCUT2D eigenvalue weighted by atomic mass is 16.5.